The van der Waals surface area contributed by atoms with Crippen LogP contribution in [0.5, 0.6) is 5.75 Å². The summed E-state index contributed by atoms with van der Waals surface area (Å²) in [6.07, 6.45) is 1.18. The zero-order chi connectivity index (χ0) is 25.1. The lowest BCUT2D eigenvalue weighted by Crippen LogP contribution is -2.49. The molecule has 1 aliphatic heterocycles. The molecule has 1 saturated heterocycles. The molecule has 3 heterocycles. The second-order valence-electron chi connectivity index (χ2n) is 8.83. The zero-order valence-corrected chi connectivity index (χ0v) is 20.7. The summed E-state index contributed by atoms with van der Waals surface area (Å²) in [6, 6.07) is 17.0. The summed E-state index contributed by atoms with van der Waals surface area (Å²) >= 11 is 6.03. The van der Waals surface area contributed by atoms with Crippen LogP contribution < -0.4 is 9.64 Å². The molecule has 9 heteroatoms. The number of piperazine rings is 1. The number of nitrogens with zero attached hydrogens (tertiary/aromatic N) is 4. The van der Waals surface area contributed by atoms with Crippen LogP contribution in [0.3, 0.4) is 0 Å². The maximum absolute atomic E-state index is 13.1. The summed E-state index contributed by atoms with van der Waals surface area (Å²) in [5, 5.41) is 1.64. The smallest absolute Gasteiger partial charge is 0.235 e. The Morgan fingerprint density at radius 1 is 1.11 bits per heavy atom. The Balaban J connectivity index is 1.21. The molecule has 7 nitrogen and oxygen atoms in total. The Hall–Kier alpha value is -3.65. The molecule has 0 bridgehead atoms. The summed E-state index contributed by atoms with van der Waals surface area (Å²) in [5.74, 6) is 1.45. The van der Waals surface area contributed by atoms with Gasteiger partial charge < -0.3 is 19.5 Å². The molecule has 0 spiro atoms. The van der Waals surface area contributed by atoms with Gasteiger partial charge in [0.15, 0.2) is 0 Å². The van der Waals surface area contributed by atoms with Gasteiger partial charge in [-0.15, -0.1) is 0 Å². The molecule has 1 amide bonds. The van der Waals surface area contributed by atoms with Crippen molar-refractivity contribution in [2.75, 3.05) is 31.1 Å². The third kappa shape index (κ3) is 5.44. The maximum atomic E-state index is 13.1. The number of benzene rings is 2. The minimum Gasteiger partial charge on any atom is -0.461 e. The molecular weight excluding hydrogens is 481 g/mol. The Morgan fingerprint density at radius 3 is 2.64 bits per heavy atom. The average molecular weight is 508 g/mol. The van der Waals surface area contributed by atoms with Gasteiger partial charge in [0.05, 0.1) is 5.39 Å². The van der Waals surface area contributed by atoms with Crippen LogP contribution >= 0.6 is 11.6 Å². The van der Waals surface area contributed by atoms with Crippen LogP contribution in [0.4, 0.5) is 10.2 Å². The molecular formula is C27H27ClFN5O2. The van der Waals surface area contributed by atoms with E-state index >= 15 is 0 Å². The number of fused-ring (bicyclic) bond motifs is 1. The van der Waals surface area contributed by atoms with E-state index in [9.17, 15) is 9.18 Å². The lowest BCUT2D eigenvalue weighted by Gasteiger charge is -2.35. The third-order valence-electron chi connectivity index (χ3n) is 6.32. The summed E-state index contributed by atoms with van der Waals surface area (Å²) in [4.78, 5) is 29.3. The molecule has 2 aromatic carbocycles. The number of alkyl halides is 1. The molecule has 1 aliphatic rings. The van der Waals surface area contributed by atoms with Gasteiger partial charge in [-0.25, -0.2) is 14.4 Å². The van der Waals surface area contributed by atoms with Crippen molar-refractivity contribution in [2.24, 2.45) is 0 Å². The molecule has 0 aliphatic carbocycles. The Bertz CT molecular complexity index is 1350. The Kier molecular flexibility index (Phi) is 7.04. The summed E-state index contributed by atoms with van der Waals surface area (Å²) < 4.78 is 18.2. The van der Waals surface area contributed by atoms with Gasteiger partial charge in [0.2, 0.25) is 12.3 Å². The van der Waals surface area contributed by atoms with E-state index in [1.54, 1.807) is 18.5 Å². The number of amides is 1. The normalized spacial score (nSPS) is 14.8. The lowest BCUT2D eigenvalue weighted by molar-refractivity contribution is -0.131. The Labute approximate surface area is 213 Å². The van der Waals surface area contributed by atoms with Gasteiger partial charge in [-0.3, -0.25) is 4.79 Å². The SMILES string of the molecule is CC(F)Oc1cccc(CCC(=O)N2CCN(c3ncnc4[nH]c(-c5ccc(Cl)cc5)cc34)CC2)c1. The number of anilines is 1. The van der Waals surface area contributed by atoms with Crippen LogP contribution in [0.2, 0.25) is 5.02 Å². The number of rotatable bonds is 7. The standard InChI is InChI=1S/C27H27ClFN5O2/c1-18(29)36-22-4-2-3-19(15-22)5-10-25(35)33-11-13-34(14-12-33)27-23-16-24(32-26(23)30-17-31-27)20-6-8-21(28)9-7-20/h2-4,6-9,15-18H,5,10-14H2,1H3,(H,30,31,32). The number of aryl methyl sites for hydroxylation is 1. The number of H-pyrrole nitrogens is 1. The highest BCUT2D eigenvalue weighted by Crippen LogP contribution is 2.30. The highest BCUT2D eigenvalue weighted by molar-refractivity contribution is 6.30. The van der Waals surface area contributed by atoms with Crippen molar-refractivity contribution >= 4 is 34.4 Å². The van der Waals surface area contributed by atoms with Crippen molar-refractivity contribution in [1.29, 1.82) is 0 Å². The monoisotopic (exact) mass is 507 g/mol. The molecule has 1 fully saturated rings. The minimum atomic E-state index is -1.37. The topological polar surface area (TPSA) is 74.3 Å². The number of hydrogen-bond donors (Lipinski definition) is 1. The van der Waals surface area contributed by atoms with Crippen LogP contribution in [0.15, 0.2) is 60.9 Å². The van der Waals surface area contributed by atoms with Gasteiger partial charge in [0.25, 0.3) is 0 Å². The van der Waals surface area contributed by atoms with Crippen LogP contribution in [0, 0.1) is 0 Å². The van der Waals surface area contributed by atoms with E-state index in [-0.39, 0.29) is 5.91 Å². The first kappa shape index (κ1) is 24.1. The maximum Gasteiger partial charge on any atom is 0.235 e. The number of ether oxygens (including phenoxy) is 1. The first-order valence-electron chi connectivity index (χ1n) is 12.0. The van der Waals surface area contributed by atoms with E-state index in [4.69, 9.17) is 16.3 Å². The highest BCUT2D eigenvalue weighted by Gasteiger charge is 2.23. The fraction of sp³-hybridized carbons (Fsp3) is 0.296. The van der Waals surface area contributed by atoms with Gasteiger partial charge in [-0.1, -0.05) is 35.9 Å². The quantitative estimate of drug-likeness (QED) is 0.369. The summed E-state index contributed by atoms with van der Waals surface area (Å²) in [6.45, 7) is 3.98. The lowest BCUT2D eigenvalue weighted by atomic mass is 10.1. The van der Waals surface area contributed by atoms with Gasteiger partial charge >= 0.3 is 0 Å². The number of carbonyl (C=O) groups is 1. The molecule has 186 valence electrons. The van der Waals surface area contributed by atoms with E-state index in [1.165, 1.54) is 6.92 Å². The molecule has 5 rings (SSSR count). The molecule has 4 aromatic rings. The number of hydrogen-bond acceptors (Lipinski definition) is 5. The predicted octanol–water partition coefficient (Wildman–Crippen LogP) is 5.25. The highest BCUT2D eigenvalue weighted by atomic mass is 35.5. The number of aromatic amines is 1. The van der Waals surface area contributed by atoms with Gasteiger partial charge in [0.1, 0.15) is 23.5 Å². The molecule has 36 heavy (non-hydrogen) atoms. The van der Waals surface area contributed by atoms with Crippen LogP contribution in [0.1, 0.15) is 18.9 Å². The first-order chi connectivity index (χ1) is 17.5. The van der Waals surface area contributed by atoms with Crippen LogP contribution in [-0.2, 0) is 11.2 Å². The second kappa shape index (κ2) is 10.5. The van der Waals surface area contributed by atoms with E-state index in [0.29, 0.717) is 49.8 Å². The van der Waals surface area contributed by atoms with E-state index < -0.39 is 6.36 Å². The van der Waals surface area contributed by atoms with Crippen molar-refractivity contribution in [3.63, 3.8) is 0 Å². The van der Waals surface area contributed by atoms with E-state index in [0.717, 1.165) is 33.7 Å². The summed E-state index contributed by atoms with van der Waals surface area (Å²) in [5.41, 5.74) is 3.70. The largest absolute Gasteiger partial charge is 0.461 e. The zero-order valence-electron chi connectivity index (χ0n) is 20.0. The van der Waals surface area contributed by atoms with Crippen molar-refractivity contribution < 1.29 is 13.9 Å². The molecule has 0 radical (unpaired) electrons. The van der Waals surface area contributed by atoms with Crippen LogP contribution in [-0.4, -0.2) is 58.3 Å². The first-order valence-corrected chi connectivity index (χ1v) is 12.4. The van der Waals surface area contributed by atoms with Crippen molar-refractivity contribution in [2.45, 2.75) is 26.1 Å². The average Bonchev–Trinajstić information content (AvgIpc) is 3.32. The second-order valence-corrected chi connectivity index (χ2v) is 9.26. The fourth-order valence-electron chi connectivity index (χ4n) is 4.50. The van der Waals surface area contributed by atoms with E-state index in [2.05, 4.69) is 25.9 Å². The summed E-state index contributed by atoms with van der Waals surface area (Å²) in [7, 11) is 0. The Morgan fingerprint density at radius 2 is 1.89 bits per heavy atom. The van der Waals surface area contributed by atoms with Gasteiger partial charge in [-0.2, -0.15) is 0 Å². The molecule has 1 unspecified atom stereocenters. The fourth-order valence-corrected chi connectivity index (χ4v) is 4.63. The van der Waals surface area contributed by atoms with Crippen molar-refractivity contribution in [3.05, 3.63) is 71.5 Å². The molecule has 2 aromatic heterocycles. The van der Waals surface area contributed by atoms with Gasteiger partial charge in [-0.05, 0) is 47.9 Å². The number of halogens is 2. The molecule has 1 atom stereocenters. The van der Waals surface area contributed by atoms with Crippen molar-refractivity contribution in [3.8, 4) is 17.0 Å². The predicted molar refractivity (Wildman–Crippen MR) is 139 cm³/mol. The van der Waals surface area contributed by atoms with Gasteiger partial charge in [0, 0.05) is 50.2 Å². The number of nitrogens with one attached hydrogen (secondary N) is 1. The molecule has 1 N–H and O–H groups in total. The minimum absolute atomic E-state index is 0.110. The third-order valence-corrected chi connectivity index (χ3v) is 6.57. The van der Waals surface area contributed by atoms with E-state index in [1.807, 2.05) is 41.3 Å². The number of carbonyl (C=O) groups excluding carboxylic acids is 1. The number of aromatic nitrogens is 3. The van der Waals surface area contributed by atoms with Crippen molar-refractivity contribution in [1.82, 2.24) is 19.9 Å². The molecule has 0 saturated carbocycles. The van der Waals surface area contributed by atoms with Crippen LogP contribution in [0.25, 0.3) is 22.3 Å².